The average Bonchev–Trinajstić information content (AvgIpc) is 3.39. The van der Waals surface area contributed by atoms with Crippen LogP contribution in [0.5, 0.6) is 11.5 Å². The highest BCUT2D eigenvalue weighted by Gasteiger charge is 2.25. The fraction of sp³-hybridized carbons (Fsp3) is 0.269. The molecule has 4 aromatic rings. The Morgan fingerprint density at radius 1 is 1.08 bits per heavy atom. The Morgan fingerprint density at radius 3 is 2.58 bits per heavy atom. The van der Waals surface area contributed by atoms with Crippen molar-refractivity contribution in [1.82, 2.24) is 19.2 Å². The van der Waals surface area contributed by atoms with Gasteiger partial charge in [0.15, 0.2) is 11.6 Å². The maximum atomic E-state index is 14.5. The van der Waals surface area contributed by atoms with E-state index in [4.69, 9.17) is 9.47 Å². The summed E-state index contributed by atoms with van der Waals surface area (Å²) in [5.74, 6) is -1.47. The molecule has 1 aliphatic rings. The van der Waals surface area contributed by atoms with Gasteiger partial charge < -0.3 is 19.0 Å². The zero-order valence-electron chi connectivity index (χ0n) is 20.4. The van der Waals surface area contributed by atoms with Gasteiger partial charge in [0.25, 0.3) is 5.56 Å². The van der Waals surface area contributed by atoms with Gasteiger partial charge in [-0.2, -0.15) is 0 Å². The molecule has 3 heterocycles. The summed E-state index contributed by atoms with van der Waals surface area (Å²) in [5.41, 5.74) is 2.16. The van der Waals surface area contributed by atoms with E-state index in [1.54, 1.807) is 37.6 Å². The van der Waals surface area contributed by atoms with Crippen LogP contribution in [0.3, 0.4) is 0 Å². The second kappa shape index (κ2) is 11.0. The number of fused-ring (bicyclic) bond motifs is 1. The quantitative estimate of drug-likeness (QED) is 0.295. The van der Waals surface area contributed by atoms with Gasteiger partial charge in [-0.3, -0.25) is 9.69 Å². The highest BCUT2D eigenvalue weighted by molar-refractivity contribution is 7.70. The van der Waals surface area contributed by atoms with Crippen LogP contribution in [0.15, 0.2) is 59.7 Å². The maximum Gasteiger partial charge on any atom is 0.274 e. The predicted octanol–water partition coefficient (Wildman–Crippen LogP) is 3.09. The molecule has 12 heteroatoms. The van der Waals surface area contributed by atoms with Crippen LogP contribution in [-0.4, -0.2) is 55.7 Å². The number of rotatable bonds is 8. The van der Waals surface area contributed by atoms with Crippen molar-refractivity contribution < 1.29 is 26.7 Å². The predicted molar refractivity (Wildman–Crippen MR) is 139 cm³/mol. The van der Waals surface area contributed by atoms with Crippen molar-refractivity contribution in [3.05, 3.63) is 82.4 Å². The minimum atomic E-state index is -2.81. The summed E-state index contributed by atoms with van der Waals surface area (Å²) in [5, 5.41) is 0.637. The number of nitrogens with one attached hydrogen (secondary N) is 2. The summed E-state index contributed by atoms with van der Waals surface area (Å²) in [6, 6.07) is 9.80. The maximum absolute atomic E-state index is 14.5. The molecular weight excluding hydrogens is 518 g/mol. The van der Waals surface area contributed by atoms with Crippen molar-refractivity contribution in [2.24, 2.45) is 7.05 Å². The molecule has 1 atom stereocenters. The van der Waals surface area contributed by atoms with Crippen molar-refractivity contribution in [2.45, 2.75) is 6.04 Å². The number of aromatic amines is 1. The lowest BCUT2D eigenvalue weighted by molar-refractivity contribution is 0.0172. The number of benzene rings is 2. The standard InChI is InChI=1S/C26H26F2N4O5S/c1-31-15-20(18-6-7-29-25(18)26(31)33)19-12-16(22(14-30-38(34)35)32-8-10-36-11-9-32)2-4-23(19)37-24-5-3-17(27)13-21(24)28/h2-7,12-13,15,22,29,38H,8-11,14H2,1H3,(H,30,34,35). The van der Waals surface area contributed by atoms with E-state index in [-0.39, 0.29) is 29.6 Å². The molecule has 0 saturated carbocycles. The Bertz CT molecular complexity index is 1600. The first-order chi connectivity index (χ1) is 18.3. The number of ether oxygens (including phenoxy) is 2. The van der Waals surface area contributed by atoms with E-state index in [2.05, 4.69) is 14.6 Å². The molecule has 0 bridgehead atoms. The first kappa shape index (κ1) is 26.0. The van der Waals surface area contributed by atoms with E-state index in [1.165, 1.54) is 10.6 Å². The highest BCUT2D eigenvalue weighted by atomic mass is 32.2. The molecule has 0 radical (unpaired) electrons. The molecule has 2 aromatic carbocycles. The number of nitrogens with zero attached hydrogens (tertiary/aromatic N) is 2. The smallest absolute Gasteiger partial charge is 0.274 e. The van der Waals surface area contributed by atoms with E-state index in [0.717, 1.165) is 17.7 Å². The number of hydrogen-bond donors (Lipinski definition) is 3. The number of aryl methyl sites for hydroxylation is 1. The van der Waals surface area contributed by atoms with Crippen molar-refractivity contribution >= 4 is 21.8 Å². The highest BCUT2D eigenvalue weighted by Crippen LogP contribution is 2.39. The topological polar surface area (TPSA) is 106 Å². The Labute approximate surface area is 218 Å². The van der Waals surface area contributed by atoms with Gasteiger partial charge in [-0.05, 0) is 35.9 Å². The van der Waals surface area contributed by atoms with Gasteiger partial charge >= 0.3 is 0 Å². The third-order valence-corrected chi connectivity index (χ3v) is 7.03. The van der Waals surface area contributed by atoms with Gasteiger partial charge in [-0.25, -0.2) is 21.9 Å². The largest absolute Gasteiger partial charge is 0.454 e. The Morgan fingerprint density at radius 2 is 1.84 bits per heavy atom. The van der Waals surface area contributed by atoms with Gasteiger partial charge in [-0.15, -0.1) is 0 Å². The zero-order chi connectivity index (χ0) is 26.8. The molecular formula is C26H26F2N4O5S. The molecule has 0 spiro atoms. The molecule has 0 amide bonds. The summed E-state index contributed by atoms with van der Waals surface area (Å²) in [6.45, 7) is 2.39. The van der Waals surface area contributed by atoms with Gasteiger partial charge in [0.2, 0.25) is 10.9 Å². The summed E-state index contributed by atoms with van der Waals surface area (Å²) in [7, 11) is -1.19. The van der Waals surface area contributed by atoms with Crippen LogP contribution in [0, 0.1) is 11.6 Å². The molecule has 2 N–H and O–H groups in total. The molecule has 1 saturated heterocycles. The lowest BCUT2D eigenvalue weighted by Crippen LogP contribution is -2.42. The zero-order valence-corrected chi connectivity index (χ0v) is 21.3. The third kappa shape index (κ3) is 5.34. The first-order valence-corrected chi connectivity index (χ1v) is 13.1. The van der Waals surface area contributed by atoms with E-state index in [9.17, 15) is 22.0 Å². The Hall–Kier alpha value is -3.58. The van der Waals surface area contributed by atoms with E-state index < -0.39 is 22.5 Å². The average molecular weight is 545 g/mol. The lowest BCUT2D eigenvalue weighted by Gasteiger charge is -2.34. The minimum absolute atomic E-state index is 0.137. The second-order valence-corrected chi connectivity index (χ2v) is 9.77. The molecule has 2 aromatic heterocycles. The third-order valence-electron chi connectivity index (χ3n) is 6.59. The summed E-state index contributed by atoms with van der Waals surface area (Å²) < 4.78 is 66.1. The molecule has 1 unspecified atom stereocenters. The summed E-state index contributed by atoms with van der Waals surface area (Å²) in [6.07, 6.45) is 3.33. The van der Waals surface area contributed by atoms with Gasteiger partial charge in [0.05, 0.1) is 13.2 Å². The fourth-order valence-corrected chi connectivity index (χ4v) is 5.04. The number of H-pyrrole nitrogens is 1. The molecule has 38 heavy (non-hydrogen) atoms. The number of thiol groups is 1. The summed E-state index contributed by atoms with van der Waals surface area (Å²) >= 11 is 0. The van der Waals surface area contributed by atoms with E-state index >= 15 is 0 Å². The summed E-state index contributed by atoms with van der Waals surface area (Å²) in [4.78, 5) is 17.8. The number of halogens is 2. The van der Waals surface area contributed by atoms with Crippen molar-refractivity contribution in [1.29, 1.82) is 0 Å². The SMILES string of the molecule is Cn1cc(-c2cc(C(CN[SH](=O)=O)N3CCOCC3)ccc2Oc2ccc(F)cc2F)c2cc[nH]c2c1=O. The van der Waals surface area contributed by atoms with Crippen LogP contribution in [-0.2, 0) is 22.7 Å². The number of aromatic nitrogens is 2. The molecule has 5 rings (SSSR count). The van der Waals surface area contributed by atoms with Crippen LogP contribution in [0.25, 0.3) is 22.0 Å². The van der Waals surface area contributed by atoms with Gasteiger partial charge in [0, 0.05) is 67.7 Å². The number of morpholine rings is 1. The monoisotopic (exact) mass is 544 g/mol. The van der Waals surface area contributed by atoms with Crippen LogP contribution in [0.2, 0.25) is 0 Å². The number of pyridine rings is 1. The van der Waals surface area contributed by atoms with Gasteiger partial charge in [-0.1, -0.05) is 6.07 Å². The van der Waals surface area contributed by atoms with Crippen molar-refractivity contribution in [2.75, 3.05) is 32.8 Å². The molecule has 1 fully saturated rings. The molecule has 9 nitrogen and oxygen atoms in total. The van der Waals surface area contributed by atoms with E-state index in [1.807, 2.05) is 6.07 Å². The normalized spacial score (nSPS) is 15.3. The number of hydrogen-bond acceptors (Lipinski definition) is 6. The Balaban J connectivity index is 1.67. The van der Waals surface area contributed by atoms with Gasteiger partial charge in [0.1, 0.15) is 17.1 Å². The molecule has 1 aliphatic heterocycles. The van der Waals surface area contributed by atoms with Crippen LogP contribution < -0.4 is 15.0 Å². The minimum Gasteiger partial charge on any atom is -0.454 e. The van der Waals surface area contributed by atoms with Crippen LogP contribution in [0.4, 0.5) is 8.78 Å². The Kier molecular flexibility index (Phi) is 7.56. The van der Waals surface area contributed by atoms with Crippen molar-refractivity contribution in [3.63, 3.8) is 0 Å². The second-order valence-electron chi connectivity index (χ2n) is 8.94. The van der Waals surface area contributed by atoms with Crippen LogP contribution >= 0.6 is 0 Å². The lowest BCUT2D eigenvalue weighted by atomic mass is 9.96. The molecule has 200 valence electrons. The van der Waals surface area contributed by atoms with Crippen LogP contribution in [0.1, 0.15) is 11.6 Å². The fourth-order valence-electron chi connectivity index (χ4n) is 4.72. The van der Waals surface area contributed by atoms with Crippen molar-refractivity contribution in [3.8, 4) is 22.6 Å². The first-order valence-electron chi connectivity index (χ1n) is 12.0. The molecule has 0 aliphatic carbocycles. The van der Waals surface area contributed by atoms with E-state index in [0.29, 0.717) is 48.3 Å².